The van der Waals surface area contributed by atoms with E-state index < -0.39 is 0 Å². The molecule has 2 amide bonds. The number of rotatable bonds is 1. The van der Waals surface area contributed by atoms with Gasteiger partial charge in [0.2, 0.25) is 0 Å². The summed E-state index contributed by atoms with van der Waals surface area (Å²) in [4.78, 5) is 12.8. The zero-order valence-electron chi connectivity index (χ0n) is 6.18. The number of hydrogen-bond donors (Lipinski definition) is 2. The van der Waals surface area contributed by atoms with Crippen molar-refractivity contribution in [1.29, 1.82) is 0 Å². The fourth-order valence-corrected chi connectivity index (χ4v) is 0.943. The number of nitrogens with one attached hydrogen (secondary N) is 2. The van der Waals surface area contributed by atoms with E-state index in [0.717, 1.165) is 13.1 Å². The van der Waals surface area contributed by atoms with Crippen LogP contribution in [0.5, 0.6) is 0 Å². The lowest BCUT2D eigenvalue weighted by molar-refractivity contribution is 0.209. The molecular weight excluding hydrogens is 130 g/mol. The number of amides is 2. The molecule has 0 spiro atoms. The molecule has 1 aliphatic rings. The van der Waals surface area contributed by atoms with Crippen LogP contribution in [0.4, 0.5) is 4.79 Å². The van der Waals surface area contributed by atoms with Gasteiger partial charge in [0, 0.05) is 19.6 Å². The first kappa shape index (κ1) is 7.34. The lowest BCUT2D eigenvalue weighted by atomic mass is 10.6. The summed E-state index contributed by atoms with van der Waals surface area (Å²) in [6, 6.07) is 0.0347. The fourth-order valence-electron chi connectivity index (χ4n) is 0.943. The second-order valence-corrected chi connectivity index (χ2v) is 2.26. The SMILES string of the molecule is CCNC(=O)N1CCNC1. The molecule has 0 aromatic rings. The average molecular weight is 143 g/mol. The topological polar surface area (TPSA) is 44.4 Å². The van der Waals surface area contributed by atoms with E-state index in [1.54, 1.807) is 4.90 Å². The van der Waals surface area contributed by atoms with E-state index in [1.807, 2.05) is 6.92 Å². The Morgan fingerprint density at radius 1 is 1.80 bits per heavy atom. The van der Waals surface area contributed by atoms with Crippen LogP contribution in [-0.4, -0.2) is 37.2 Å². The van der Waals surface area contributed by atoms with Gasteiger partial charge in [0.05, 0.1) is 6.67 Å². The molecule has 0 aromatic carbocycles. The summed E-state index contributed by atoms with van der Waals surface area (Å²) in [5.74, 6) is 0. The van der Waals surface area contributed by atoms with E-state index in [4.69, 9.17) is 0 Å². The smallest absolute Gasteiger partial charge is 0.318 e. The van der Waals surface area contributed by atoms with Crippen molar-refractivity contribution in [2.24, 2.45) is 0 Å². The largest absolute Gasteiger partial charge is 0.338 e. The lowest BCUT2D eigenvalue weighted by Crippen LogP contribution is -2.38. The first-order valence-corrected chi connectivity index (χ1v) is 3.58. The summed E-state index contributed by atoms with van der Waals surface area (Å²) >= 11 is 0. The molecule has 1 heterocycles. The van der Waals surface area contributed by atoms with Crippen molar-refractivity contribution >= 4 is 6.03 Å². The van der Waals surface area contributed by atoms with Crippen LogP contribution in [0.2, 0.25) is 0 Å². The minimum atomic E-state index is 0.0347. The van der Waals surface area contributed by atoms with Crippen molar-refractivity contribution in [3.05, 3.63) is 0 Å². The first-order chi connectivity index (χ1) is 4.84. The standard InChI is InChI=1S/C6H13N3O/c1-2-8-6(10)9-4-3-7-5-9/h7H,2-5H2,1H3,(H,8,10). The van der Waals surface area contributed by atoms with Crippen LogP contribution in [0, 0.1) is 0 Å². The molecule has 0 aliphatic carbocycles. The third-order valence-electron chi connectivity index (χ3n) is 1.48. The Kier molecular flexibility index (Phi) is 2.50. The van der Waals surface area contributed by atoms with Gasteiger partial charge in [-0.3, -0.25) is 5.32 Å². The molecule has 1 aliphatic heterocycles. The molecule has 1 saturated heterocycles. The van der Waals surface area contributed by atoms with Crippen LogP contribution < -0.4 is 10.6 Å². The van der Waals surface area contributed by atoms with E-state index in [1.165, 1.54) is 0 Å². The first-order valence-electron chi connectivity index (χ1n) is 3.58. The molecular formula is C6H13N3O. The number of urea groups is 1. The molecule has 0 aromatic heterocycles. The highest BCUT2D eigenvalue weighted by molar-refractivity contribution is 5.74. The molecule has 0 atom stereocenters. The minimum absolute atomic E-state index is 0.0347. The van der Waals surface area contributed by atoms with Crippen LogP contribution >= 0.6 is 0 Å². The molecule has 0 saturated carbocycles. The number of hydrogen-bond acceptors (Lipinski definition) is 2. The van der Waals surface area contributed by atoms with Gasteiger partial charge in [-0.05, 0) is 6.92 Å². The van der Waals surface area contributed by atoms with Crippen LogP contribution in [-0.2, 0) is 0 Å². The zero-order valence-corrected chi connectivity index (χ0v) is 6.18. The Balaban J connectivity index is 2.25. The van der Waals surface area contributed by atoms with E-state index in [-0.39, 0.29) is 6.03 Å². The van der Waals surface area contributed by atoms with Gasteiger partial charge in [0.15, 0.2) is 0 Å². The molecule has 4 heteroatoms. The van der Waals surface area contributed by atoms with Crippen molar-refractivity contribution < 1.29 is 4.79 Å². The Bertz CT molecular complexity index is 120. The molecule has 4 nitrogen and oxygen atoms in total. The van der Waals surface area contributed by atoms with Crippen molar-refractivity contribution in [1.82, 2.24) is 15.5 Å². The summed E-state index contributed by atoms with van der Waals surface area (Å²) in [5.41, 5.74) is 0. The molecule has 0 bridgehead atoms. The van der Waals surface area contributed by atoms with Gasteiger partial charge in [-0.2, -0.15) is 0 Å². The Hall–Kier alpha value is -0.770. The average Bonchev–Trinajstić information content (AvgIpc) is 2.38. The Morgan fingerprint density at radius 3 is 3.10 bits per heavy atom. The van der Waals surface area contributed by atoms with Gasteiger partial charge in [0.1, 0.15) is 0 Å². The minimum Gasteiger partial charge on any atom is -0.338 e. The summed E-state index contributed by atoms with van der Waals surface area (Å²) < 4.78 is 0. The molecule has 0 radical (unpaired) electrons. The van der Waals surface area contributed by atoms with E-state index in [9.17, 15) is 4.79 Å². The maximum absolute atomic E-state index is 11.0. The van der Waals surface area contributed by atoms with Gasteiger partial charge in [-0.15, -0.1) is 0 Å². The molecule has 1 rings (SSSR count). The highest BCUT2D eigenvalue weighted by Gasteiger charge is 2.15. The van der Waals surface area contributed by atoms with Crippen LogP contribution in [0.1, 0.15) is 6.92 Å². The summed E-state index contributed by atoms with van der Waals surface area (Å²) in [6.07, 6.45) is 0. The van der Waals surface area contributed by atoms with Gasteiger partial charge in [-0.25, -0.2) is 4.79 Å². The molecule has 58 valence electrons. The number of nitrogens with zero attached hydrogens (tertiary/aromatic N) is 1. The lowest BCUT2D eigenvalue weighted by Gasteiger charge is -2.13. The van der Waals surface area contributed by atoms with E-state index in [2.05, 4.69) is 10.6 Å². The van der Waals surface area contributed by atoms with Crippen molar-refractivity contribution in [2.45, 2.75) is 6.92 Å². The summed E-state index contributed by atoms with van der Waals surface area (Å²) in [6.45, 7) is 5.05. The van der Waals surface area contributed by atoms with Crippen molar-refractivity contribution in [3.63, 3.8) is 0 Å². The maximum Gasteiger partial charge on any atom is 0.318 e. The van der Waals surface area contributed by atoms with Gasteiger partial charge in [0.25, 0.3) is 0 Å². The van der Waals surface area contributed by atoms with Gasteiger partial charge < -0.3 is 10.2 Å². The normalized spacial score (nSPS) is 17.5. The maximum atomic E-state index is 11.0. The predicted molar refractivity (Wildman–Crippen MR) is 38.6 cm³/mol. The zero-order chi connectivity index (χ0) is 7.40. The monoisotopic (exact) mass is 143 g/mol. The predicted octanol–water partition coefficient (Wildman–Crippen LogP) is -0.421. The number of carbonyl (C=O) groups is 1. The second-order valence-electron chi connectivity index (χ2n) is 2.26. The van der Waals surface area contributed by atoms with Crippen LogP contribution in [0.25, 0.3) is 0 Å². The summed E-state index contributed by atoms with van der Waals surface area (Å²) in [5, 5.41) is 5.81. The second kappa shape index (κ2) is 3.41. The van der Waals surface area contributed by atoms with Crippen molar-refractivity contribution in [3.8, 4) is 0 Å². The third-order valence-corrected chi connectivity index (χ3v) is 1.48. The van der Waals surface area contributed by atoms with Crippen LogP contribution in [0.3, 0.4) is 0 Å². The Morgan fingerprint density at radius 2 is 2.60 bits per heavy atom. The van der Waals surface area contributed by atoms with Crippen LogP contribution in [0.15, 0.2) is 0 Å². The van der Waals surface area contributed by atoms with Gasteiger partial charge >= 0.3 is 6.03 Å². The summed E-state index contributed by atoms with van der Waals surface area (Å²) in [7, 11) is 0. The van der Waals surface area contributed by atoms with E-state index >= 15 is 0 Å². The highest BCUT2D eigenvalue weighted by Crippen LogP contribution is 1.91. The number of carbonyl (C=O) groups excluding carboxylic acids is 1. The molecule has 2 N–H and O–H groups in total. The van der Waals surface area contributed by atoms with Gasteiger partial charge in [-0.1, -0.05) is 0 Å². The quantitative estimate of drug-likeness (QED) is 0.523. The Labute approximate surface area is 60.6 Å². The van der Waals surface area contributed by atoms with E-state index in [0.29, 0.717) is 13.2 Å². The molecule has 0 unspecified atom stereocenters. The molecule has 1 fully saturated rings. The van der Waals surface area contributed by atoms with Crippen molar-refractivity contribution in [2.75, 3.05) is 26.3 Å². The fraction of sp³-hybridized carbons (Fsp3) is 0.833. The molecule has 10 heavy (non-hydrogen) atoms. The third kappa shape index (κ3) is 1.60. The highest BCUT2D eigenvalue weighted by atomic mass is 16.2.